The molecule has 86 valence electrons. The Labute approximate surface area is 89.9 Å². The monoisotopic (exact) mass is 213 g/mol. The first-order valence-corrected chi connectivity index (χ1v) is 5.27. The van der Waals surface area contributed by atoms with Crippen molar-refractivity contribution in [1.29, 1.82) is 0 Å². The Morgan fingerprint density at radius 1 is 1.80 bits per heavy atom. The van der Waals surface area contributed by atoms with Crippen LogP contribution in [0.4, 0.5) is 0 Å². The molecule has 2 unspecified atom stereocenters. The SMILES string of the molecule is CC(CN1CCC(=NO)C(C)C1)C(N)=O. The topological polar surface area (TPSA) is 78.9 Å². The number of hydrogen-bond acceptors (Lipinski definition) is 4. The van der Waals surface area contributed by atoms with E-state index in [1.54, 1.807) is 0 Å². The molecule has 0 saturated carbocycles. The van der Waals surface area contributed by atoms with Gasteiger partial charge in [0.1, 0.15) is 0 Å². The lowest BCUT2D eigenvalue weighted by atomic mass is 9.96. The van der Waals surface area contributed by atoms with Crippen LogP contribution in [0.5, 0.6) is 0 Å². The maximum absolute atomic E-state index is 10.9. The Balaban J connectivity index is 2.45. The predicted octanol–water partition coefficient (Wildman–Crippen LogP) is 0.280. The molecule has 0 radical (unpaired) electrons. The second-order valence-corrected chi connectivity index (χ2v) is 4.31. The first-order valence-electron chi connectivity index (χ1n) is 5.27. The zero-order valence-electron chi connectivity index (χ0n) is 9.31. The Bertz CT molecular complexity index is 265. The fraction of sp³-hybridized carbons (Fsp3) is 0.800. The van der Waals surface area contributed by atoms with E-state index in [2.05, 4.69) is 10.1 Å². The van der Waals surface area contributed by atoms with Gasteiger partial charge in [-0.25, -0.2) is 0 Å². The molecule has 1 saturated heterocycles. The summed E-state index contributed by atoms with van der Waals surface area (Å²) in [6, 6.07) is 0. The number of nitrogens with two attached hydrogens (primary N) is 1. The van der Waals surface area contributed by atoms with Crippen molar-refractivity contribution in [3.8, 4) is 0 Å². The molecule has 2 atom stereocenters. The second-order valence-electron chi connectivity index (χ2n) is 4.31. The normalized spacial score (nSPS) is 27.9. The Morgan fingerprint density at radius 2 is 2.47 bits per heavy atom. The van der Waals surface area contributed by atoms with Crippen molar-refractivity contribution in [2.45, 2.75) is 20.3 Å². The van der Waals surface area contributed by atoms with Crippen LogP contribution in [0.25, 0.3) is 0 Å². The molecule has 1 aliphatic heterocycles. The quantitative estimate of drug-likeness (QED) is 0.522. The first-order chi connectivity index (χ1) is 7.04. The highest BCUT2D eigenvalue weighted by Gasteiger charge is 2.24. The van der Waals surface area contributed by atoms with Gasteiger partial charge in [0.05, 0.1) is 5.71 Å². The number of primary amides is 1. The molecule has 1 heterocycles. The van der Waals surface area contributed by atoms with E-state index in [4.69, 9.17) is 10.9 Å². The van der Waals surface area contributed by atoms with E-state index in [1.807, 2.05) is 13.8 Å². The first kappa shape index (κ1) is 12.0. The molecule has 0 aliphatic carbocycles. The molecule has 5 nitrogen and oxygen atoms in total. The summed E-state index contributed by atoms with van der Waals surface area (Å²) in [4.78, 5) is 13.1. The number of rotatable bonds is 3. The lowest BCUT2D eigenvalue weighted by Crippen LogP contribution is -2.43. The van der Waals surface area contributed by atoms with Crippen LogP contribution in [-0.4, -0.2) is 41.4 Å². The van der Waals surface area contributed by atoms with Gasteiger partial charge in [-0.05, 0) is 0 Å². The molecule has 0 aromatic carbocycles. The molecule has 5 heteroatoms. The summed E-state index contributed by atoms with van der Waals surface area (Å²) in [6.07, 6.45) is 0.767. The van der Waals surface area contributed by atoms with Gasteiger partial charge in [0.2, 0.25) is 5.91 Å². The Hall–Kier alpha value is -1.10. The minimum atomic E-state index is -0.260. The van der Waals surface area contributed by atoms with Crippen LogP contribution in [0.1, 0.15) is 20.3 Å². The van der Waals surface area contributed by atoms with Crippen LogP contribution in [0, 0.1) is 11.8 Å². The van der Waals surface area contributed by atoms with Crippen LogP contribution in [0.3, 0.4) is 0 Å². The summed E-state index contributed by atoms with van der Waals surface area (Å²) in [7, 11) is 0. The summed E-state index contributed by atoms with van der Waals surface area (Å²) in [5, 5.41) is 12.0. The van der Waals surface area contributed by atoms with Gasteiger partial charge in [0, 0.05) is 37.9 Å². The van der Waals surface area contributed by atoms with Crippen LogP contribution in [0.2, 0.25) is 0 Å². The van der Waals surface area contributed by atoms with Gasteiger partial charge in [0.15, 0.2) is 0 Å². The minimum Gasteiger partial charge on any atom is -0.411 e. The lowest BCUT2D eigenvalue weighted by molar-refractivity contribution is -0.121. The molecule has 0 spiro atoms. The maximum atomic E-state index is 10.9. The van der Waals surface area contributed by atoms with Crippen molar-refractivity contribution in [3.63, 3.8) is 0 Å². The molecule has 0 bridgehead atoms. The van der Waals surface area contributed by atoms with Crippen LogP contribution in [-0.2, 0) is 4.79 Å². The van der Waals surface area contributed by atoms with Gasteiger partial charge in [-0.15, -0.1) is 0 Å². The molecule has 0 aromatic rings. The number of nitrogens with zero attached hydrogens (tertiary/aromatic N) is 2. The minimum absolute atomic E-state index is 0.121. The maximum Gasteiger partial charge on any atom is 0.221 e. The van der Waals surface area contributed by atoms with Gasteiger partial charge in [-0.1, -0.05) is 19.0 Å². The number of carbonyl (C=O) groups excluding carboxylic acids is 1. The van der Waals surface area contributed by atoms with E-state index in [0.717, 1.165) is 25.2 Å². The van der Waals surface area contributed by atoms with E-state index < -0.39 is 0 Å². The van der Waals surface area contributed by atoms with Gasteiger partial charge >= 0.3 is 0 Å². The largest absolute Gasteiger partial charge is 0.411 e. The van der Waals surface area contributed by atoms with Gasteiger partial charge in [-0.3, -0.25) is 4.79 Å². The highest BCUT2D eigenvalue weighted by atomic mass is 16.4. The number of hydrogen-bond donors (Lipinski definition) is 2. The summed E-state index contributed by atoms with van der Waals surface area (Å²) < 4.78 is 0. The van der Waals surface area contributed by atoms with E-state index in [9.17, 15) is 4.79 Å². The summed E-state index contributed by atoms with van der Waals surface area (Å²) in [5.74, 6) is -0.127. The fourth-order valence-electron chi connectivity index (χ4n) is 1.89. The van der Waals surface area contributed by atoms with Gasteiger partial charge in [-0.2, -0.15) is 0 Å². The Morgan fingerprint density at radius 3 is 2.93 bits per heavy atom. The molecule has 1 fully saturated rings. The molecule has 0 aromatic heterocycles. The third-order valence-electron chi connectivity index (χ3n) is 2.93. The predicted molar refractivity (Wildman–Crippen MR) is 57.8 cm³/mol. The van der Waals surface area contributed by atoms with Crippen molar-refractivity contribution < 1.29 is 10.0 Å². The average Bonchev–Trinajstić information content (AvgIpc) is 2.18. The zero-order chi connectivity index (χ0) is 11.4. The number of piperidine rings is 1. The smallest absolute Gasteiger partial charge is 0.221 e. The zero-order valence-corrected chi connectivity index (χ0v) is 9.31. The molecule has 1 aliphatic rings. The lowest BCUT2D eigenvalue weighted by Gasteiger charge is -2.32. The van der Waals surface area contributed by atoms with Gasteiger partial charge in [0.25, 0.3) is 0 Å². The van der Waals surface area contributed by atoms with Crippen molar-refractivity contribution >= 4 is 11.6 Å². The Kier molecular flexibility index (Phi) is 4.08. The highest BCUT2D eigenvalue weighted by molar-refractivity contribution is 5.87. The number of oxime groups is 1. The molecule has 1 amide bonds. The summed E-state index contributed by atoms with van der Waals surface area (Å²) in [6.45, 7) is 6.22. The summed E-state index contributed by atoms with van der Waals surface area (Å²) in [5.41, 5.74) is 6.06. The highest BCUT2D eigenvalue weighted by Crippen LogP contribution is 2.14. The fourth-order valence-corrected chi connectivity index (χ4v) is 1.89. The third kappa shape index (κ3) is 3.20. The standard InChI is InChI=1S/C10H19N3O2/c1-7-5-13(4-3-9(7)12-15)6-8(2)10(11)14/h7-8,15H,3-6H2,1-2H3,(H2,11,14). The second kappa shape index (κ2) is 5.11. The van der Waals surface area contributed by atoms with Crippen molar-refractivity contribution in [2.24, 2.45) is 22.7 Å². The van der Waals surface area contributed by atoms with E-state index >= 15 is 0 Å². The van der Waals surface area contributed by atoms with Crippen molar-refractivity contribution in [2.75, 3.05) is 19.6 Å². The van der Waals surface area contributed by atoms with E-state index in [1.165, 1.54) is 0 Å². The molecule has 15 heavy (non-hydrogen) atoms. The number of carbonyl (C=O) groups is 1. The van der Waals surface area contributed by atoms with Crippen LogP contribution in [0.15, 0.2) is 5.16 Å². The number of amides is 1. The molecule has 3 N–H and O–H groups in total. The van der Waals surface area contributed by atoms with Crippen molar-refractivity contribution in [1.82, 2.24) is 4.90 Å². The van der Waals surface area contributed by atoms with E-state index in [-0.39, 0.29) is 17.7 Å². The van der Waals surface area contributed by atoms with Crippen LogP contribution < -0.4 is 5.73 Å². The van der Waals surface area contributed by atoms with Gasteiger partial charge < -0.3 is 15.8 Å². The molecule has 1 rings (SSSR count). The third-order valence-corrected chi connectivity index (χ3v) is 2.93. The summed E-state index contributed by atoms with van der Waals surface area (Å²) >= 11 is 0. The molecular weight excluding hydrogens is 194 g/mol. The van der Waals surface area contributed by atoms with Crippen LogP contribution >= 0.6 is 0 Å². The van der Waals surface area contributed by atoms with Crippen molar-refractivity contribution in [3.05, 3.63) is 0 Å². The molecular formula is C10H19N3O2. The average molecular weight is 213 g/mol. The van der Waals surface area contributed by atoms with E-state index in [0.29, 0.717) is 6.54 Å². The number of likely N-dealkylation sites (tertiary alicyclic amines) is 1.